The molecule has 0 unspecified atom stereocenters. The van der Waals surface area contributed by atoms with Gasteiger partial charge in [-0.3, -0.25) is 0 Å². The number of aromatic amines is 1. The third kappa shape index (κ3) is 1.06. The summed E-state index contributed by atoms with van der Waals surface area (Å²) in [5.41, 5.74) is 0.929. The van der Waals surface area contributed by atoms with E-state index in [9.17, 15) is 0 Å². The highest BCUT2D eigenvalue weighted by atomic mass is 14.7. The lowest BCUT2D eigenvalue weighted by molar-refractivity contribution is 0.676. The minimum atomic E-state index is -0.163. The number of hydrogen-bond donors (Lipinski definition) is 1. The van der Waals surface area contributed by atoms with Crippen molar-refractivity contribution < 1.29 is 0 Å². The van der Waals surface area contributed by atoms with Crippen LogP contribution in [-0.2, 0) is 5.41 Å². The molecule has 0 aliphatic carbocycles. The number of aromatic nitrogens is 1. The van der Waals surface area contributed by atoms with Gasteiger partial charge in [0.05, 0.1) is 5.41 Å². The molecule has 0 fully saturated rings. The van der Waals surface area contributed by atoms with E-state index in [-0.39, 0.29) is 5.41 Å². The number of hydrogen-bond acceptors (Lipinski definition) is 0. The second-order valence-electron chi connectivity index (χ2n) is 2.85. The van der Waals surface area contributed by atoms with Crippen LogP contribution >= 0.6 is 0 Å². The van der Waals surface area contributed by atoms with Gasteiger partial charge < -0.3 is 4.98 Å². The molecule has 1 heteroatoms. The molecule has 0 radical (unpaired) electrons. The van der Waals surface area contributed by atoms with Crippen molar-refractivity contribution in [2.24, 2.45) is 0 Å². The fourth-order valence-corrected chi connectivity index (χ4v) is 0.797. The van der Waals surface area contributed by atoms with Gasteiger partial charge in [-0.25, -0.2) is 0 Å². The summed E-state index contributed by atoms with van der Waals surface area (Å²) in [7, 11) is 0. The summed E-state index contributed by atoms with van der Waals surface area (Å²) in [5, 5.41) is 0. The monoisotopic (exact) mass is 133 g/mol. The van der Waals surface area contributed by atoms with Gasteiger partial charge in [0.1, 0.15) is 0 Å². The highest BCUT2D eigenvalue weighted by molar-refractivity contribution is 5.25. The lowest BCUT2D eigenvalue weighted by Gasteiger charge is -2.14. The van der Waals surface area contributed by atoms with Gasteiger partial charge in [0, 0.05) is 11.9 Å². The van der Waals surface area contributed by atoms with E-state index < -0.39 is 0 Å². The summed E-state index contributed by atoms with van der Waals surface area (Å²) >= 11 is 0. The molecule has 0 atom stereocenters. The molecule has 1 rings (SSSR count). The molecular formula is C9H11N. The first-order chi connectivity index (χ1) is 4.67. The van der Waals surface area contributed by atoms with Crippen molar-refractivity contribution in [1.29, 1.82) is 0 Å². The van der Waals surface area contributed by atoms with Crippen LogP contribution in [0.3, 0.4) is 0 Å². The molecule has 1 aromatic rings. The topological polar surface area (TPSA) is 15.8 Å². The average Bonchev–Trinajstić information content (AvgIpc) is 2.38. The molecule has 1 N–H and O–H groups in total. The second kappa shape index (κ2) is 2.22. The Balaban J connectivity index is 2.99. The van der Waals surface area contributed by atoms with Gasteiger partial charge in [0.25, 0.3) is 0 Å². The molecule has 0 aromatic carbocycles. The largest absolute Gasteiger partial charge is 0.364 e. The summed E-state index contributed by atoms with van der Waals surface area (Å²) < 4.78 is 0. The van der Waals surface area contributed by atoms with Gasteiger partial charge >= 0.3 is 0 Å². The Morgan fingerprint density at radius 2 is 2.30 bits per heavy atom. The van der Waals surface area contributed by atoms with Gasteiger partial charge in [-0.1, -0.05) is 5.92 Å². The van der Waals surface area contributed by atoms with E-state index in [0.717, 1.165) is 5.69 Å². The maximum Gasteiger partial charge on any atom is 0.0653 e. The first-order valence-corrected chi connectivity index (χ1v) is 3.28. The minimum Gasteiger partial charge on any atom is -0.364 e. The second-order valence-corrected chi connectivity index (χ2v) is 2.85. The molecule has 0 saturated carbocycles. The standard InChI is InChI=1S/C9H11N/c1-4-9(2,3)8-6-5-7-10-8/h1,5-7,10H,2-3H3. The van der Waals surface area contributed by atoms with Crippen LogP contribution in [0.25, 0.3) is 0 Å². The van der Waals surface area contributed by atoms with E-state index in [1.165, 1.54) is 0 Å². The fourth-order valence-electron chi connectivity index (χ4n) is 0.797. The Morgan fingerprint density at radius 1 is 1.60 bits per heavy atom. The van der Waals surface area contributed by atoms with E-state index >= 15 is 0 Å². The summed E-state index contributed by atoms with van der Waals surface area (Å²) in [6, 6.07) is 3.95. The van der Waals surface area contributed by atoms with E-state index in [1.807, 2.05) is 32.2 Å². The smallest absolute Gasteiger partial charge is 0.0653 e. The maximum absolute atomic E-state index is 5.33. The highest BCUT2D eigenvalue weighted by Gasteiger charge is 2.16. The Kier molecular flexibility index (Phi) is 1.55. The third-order valence-corrected chi connectivity index (χ3v) is 1.63. The highest BCUT2D eigenvalue weighted by Crippen LogP contribution is 2.18. The Labute approximate surface area is 61.5 Å². The Bertz CT molecular complexity index is 236. The van der Waals surface area contributed by atoms with Crippen LogP contribution in [-0.4, -0.2) is 4.98 Å². The summed E-state index contributed by atoms with van der Waals surface area (Å²) in [4.78, 5) is 3.09. The van der Waals surface area contributed by atoms with Crippen molar-refractivity contribution in [3.8, 4) is 12.3 Å². The first-order valence-electron chi connectivity index (χ1n) is 3.28. The first kappa shape index (κ1) is 6.95. The fraction of sp³-hybridized carbons (Fsp3) is 0.333. The Morgan fingerprint density at radius 3 is 2.70 bits per heavy atom. The minimum absolute atomic E-state index is 0.163. The predicted octanol–water partition coefficient (Wildman–Crippen LogP) is 1.93. The van der Waals surface area contributed by atoms with Crippen LogP contribution in [0.1, 0.15) is 19.5 Å². The maximum atomic E-state index is 5.33. The van der Waals surface area contributed by atoms with Gasteiger partial charge in [0.15, 0.2) is 0 Å². The third-order valence-electron chi connectivity index (χ3n) is 1.63. The molecular weight excluding hydrogens is 122 g/mol. The van der Waals surface area contributed by atoms with Crippen molar-refractivity contribution in [2.45, 2.75) is 19.3 Å². The molecule has 0 amide bonds. The van der Waals surface area contributed by atoms with E-state index in [4.69, 9.17) is 6.42 Å². The number of H-pyrrole nitrogens is 1. The van der Waals surface area contributed by atoms with Crippen LogP contribution in [0.2, 0.25) is 0 Å². The molecule has 1 nitrogen and oxygen atoms in total. The quantitative estimate of drug-likeness (QED) is 0.563. The zero-order chi connectivity index (χ0) is 7.61. The molecule has 1 heterocycles. The number of nitrogens with one attached hydrogen (secondary N) is 1. The molecule has 10 heavy (non-hydrogen) atoms. The molecule has 0 aliphatic heterocycles. The average molecular weight is 133 g/mol. The number of terminal acetylenes is 1. The summed E-state index contributed by atoms with van der Waals surface area (Å²) in [6.07, 6.45) is 7.21. The van der Waals surface area contributed by atoms with Crippen molar-refractivity contribution in [3.05, 3.63) is 24.0 Å². The summed E-state index contributed by atoms with van der Waals surface area (Å²) in [5.74, 6) is 2.71. The van der Waals surface area contributed by atoms with E-state index in [1.54, 1.807) is 0 Å². The van der Waals surface area contributed by atoms with Gasteiger partial charge in [-0.15, -0.1) is 6.42 Å². The van der Waals surface area contributed by atoms with Crippen molar-refractivity contribution in [1.82, 2.24) is 4.98 Å². The normalized spacial score (nSPS) is 10.9. The van der Waals surface area contributed by atoms with Crippen LogP contribution in [0.5, 0.6) is 0 Å². The van der Waals surface area contributed by atoms with Crippen LogP contribution < -0.4 is 0 Å². The Hall–Kier alpha value is -1.16. The van der Waals surface area contributed by atoms with Gasteiger partial charge in [-0.05, 0) is 26.0 Å². The molecule has 1 aromatic heterocycles. The molecule has 0 saturated heterocycles. The zero-order valence-electron chi connectivity index (χ0n) is 6.31. The van der Waals surface area contributed by atoms with Crippen LogP contribution in [0.15, 0.2) is 18.3 Å². The molecule has 52 valence electrons. The lowest BCUT2D eigenvalue weighted by Crippen LogP contribution is -2.13. The number of rotatable bonds is 1. The molecule has 0 aliphatic rings. The summed E-state index contributed by atoms with van der Waals surface area (Å²) in [6.45, 7) is 4.03. The zero-order valence-corrected chi connectivity index (χ0v) is 6.31. The molecule has 0 bridgehead atoms. The van der Waals surface area contributed by atoms with Gasteiger partial charge in [0.2, 0.25) is 0 Å². The van der Waals surface area contributed by atoms with Crippen molar-refractivity contribution in [2.75, 3.05) is 0 Å². The predicted molar refractivity (Wildman–Crippen MR) is 42.7 cm³/mol. The SMILES string of the molecule is C#CC(C)(C)c1ccc[nH]1. The van der Waals surface area contributed by atoms with E-state index in [2.05, 4.69) is 10.9 Å². The van der Waals surface area contributed by atoms with Gasteiger partial charge in [-0.2, -0.15) is 0 Å². The van der Waals surface area contributed by atoms with Crippen LogP contribution in [0.4, 0.5) is 0 Å². The van der Waals surface area contributed by atoms with Crippen molar-refractivity contribution in [3.63, 3.8) is 0 Å². The molecule has 0 spiro atoms. The van der Waals surface area contributed by atoms with Crippen molar-refractivity contribution >= 4 is 0 Å². The van der Waals surface area contributed by atoms with E-state index in [0.29, 0.717) is 0 Å². The van der Waals surface area contributed by atoms with Crippen LogP contribution in [0, 0.1) is 12.3 Å². The lowest BCUT2D eigenvalue weighted by atomic mass is 9.91.